The van der Waals surface area contributed by atoms with E-state index in [1.807, 2.05) is 30.3 Å². The van der Waals surface area contributed by atoms with Gasteiger partial charge in [0.15, 0.2) is 12.4 Å². The summed E-state index contributed by atoms with van der Waals surface area (Å²) in [6.45, 7) is 5.89. The molecule has 14 nitrogen and oxygen atoms in total. The lowest BCUT2D eigenvalue weighted by molar-refractivity contribution is -0.172. The van der Waals surface area contributed by atoms with Crippen LogP contribution >= 0.6 is 0 Å². The maximum atomic E-state index is 13.7. The van der Waals surface area contributed by atoms with E-state index >= 15 is 0 Å². The Bertz CT molecular complexity index is 1960. The molecule has 14 heteroatoms. The third-order valence-corrected chi connectivity index (χ3v) is 8.04. The van der Waals surface area contributed by atoms with E-state index in [0.29, 0.717) is 17.1 Å². The number of alkyl carbamates (subject to hydrolysis) is 1. The van der Waals surface area contributed by atoms with Crippen LogP contribution in [-0.4, -0.2) is 68.1 Å². The fraction of sp³-hybridized carbons (Fsp3) is 0.364. The Labute approximate surface area is 268 Å². The number of para-hydroxylation sites is 1. The zero-order valence-corrected chi connectivity index (χ0v) is 26.3. The molecule has 6 rings (SSSR count). The number of nitrogens with one attached hydrogen (secondary N) is 3. The van der Waals surface area contributed by atoms with E-state index in [-0.39, 0.29) is 30.7 Å². The molecule has 2 aliphatic rings. The predicted octanol–water partition coefficient (Wildman–Crippen LogP) is 2.51. The van der Waals surface area contributed by atoms with Crippen molar-refractivity contribution in [2.45, 2.75) is 64.3 Å². The Balaban J connectivity index is 1.24. The summed E-state index contributed by atoms with van der Waals surface area (Å²) in [5, 5.41) is 5.92. The number of pyridine rings is 2. The number of imidazole rings is 1. The largest absolute Gasteiger partial charge is 0.479 e. The number of hydrogen-bond acceptors (Lipinski definition) is 10. The number of aromatic amines is 1. The number of amides is 2. The van der Waals surface area contributed by atoms with E-state index in [4.69, 9.17) is 19.2 Å². The van der Waals surface area contributed by atoms with Crippen molar-refractivity contribution in [3.05, 3.63) is 76.1 Å². The van der Waals surface area contributed by atoms with Crippen LogP contribution in [0, 0.1) is 0 Å². The number of H-pyrrole nitrogens is 1. The van der Waals surface area contributed by atoms with E-state index in [0.717, 1.165) is 16.5 Å². The molecule has 1 aromatic carbocycles. The lowest BCUT2D eigenvalue weighted by Crippen LogP contribution is -2.52. The highest BCUT2D eigenvalue weighted by Crippen LogP contribution is 2.42. The lowest BCUT2D eigenvalue weighted by Gasteiger charge is -2.36. The fourth-order valence-electron chi connectivity index (χ4n) is 5.86. The van der Waals surface area contributed by atoms with Gasteiger partial charge in [-0.1, -0.05) is 25.1 Å². The average molecular weight is 643 g/mol. The van der Waals surface area contributed by atoms with Crippen molar-refractivity contribution in [1.82, 2.24) is 30.2 Å². The number of fused-ring (bicyclic) bond motifs is 5. The summed E-state index contributed by atoms with van der Waals surface area (Å²) in [6.07, 6.45) is 2.14. The molecule has 0 fully saturated rings. The van der Waals surface area contributed by atoms with Gasteiger partial charge >= 0.3 is 12.1 Å². The number of aromatic nitrogens is 4. The number of ketones is 1. The molecule has 0 bridgehead atoms. The molecule has 2 aliphatic heterocycles. The molecule has 0 radical (unpaired) electrons. The first-order valence-electron chi connectivity index (χ1n) is 15.2. The third-order valence-electron chi connectivity index (χ3n) is 8.04. The van der Waals surface area contributed by atoms with Gasteiger partial charge in [0.2, 0.25) is 17.3 Å². The summed E-state index contributed by atoms with van der Waals surface area (Å²) < 4.78 is 18.3. The summed E-state index contributed by atoms with van der Waals surface area (Å²) >= 11 is 0. The summed E-state index contributed by atoms with van der Waals surface area (Å²) in [5.74, 6) is -2.25. The minimum absolute atomic E-state index is 0.00538. The second-order valence-electron chi connectivity index (χ2n) is 12.4. The molecule has 0 aliphatic carbocycles. The van der Waals surface area contributed by atoms with Crippen LogP contribution in [-0.2, 0) is 42.4 Å². The monoisotopic (exact) mass is 642 g/mol. The van der Waals surface area contributed by atoms with Crippen LogP contribution in [0.2, 0.25) is 0 Å². The molecule has 3 aromatic heterocycles. The fourth-order valence-corrected chi connectivity index (χ4v) is 5.86. The van der Waals surface area contributed by atoms with Crippen LogP contribution < -0.4 is 20.9 Å². The first-order chi connectivity index (χ1) is 22.4. The van der Waals surface area contributed by atoms with Crippen LogP contribution in [0.4, 0.5) is 4.79 Å². The standard InChI is InChI=1S/C33H34N6O8/c1-5-33(46-26(41)14-35-29(42)23(11-20-13-34-17-36-20)38-31(44)47-32(2,3)4)21-12-24-27-19(10-18-8-6-7-9-22(18)37-27)15-39(24)30(43)28(21)45-16-25(33)40/h6-10,12-13,17,23H,5,11,14-16H2,1-4H3,(H,34,36)(H,35,42)(H,38,44)/t23-,33-/m0/s1. The zero-order chi connectivity index (χ0) is 33.5. The van der Waals surface area contributed by atoms with E-state index < -0.39 is 59.7 Å². The molecule has 47 heavy (non-hydrogen) atoms. The number of carbonyl (C=O) groups is 4. The second kappa shape index (κ2) is 12.0. The maximum absolute atomic E-state index is 13.7. The van der Waals surface area contributed by atoms with Crippen LogP contribution in [0.25, 0.3) is 22.3 Å². The van der Waals surface area contributed by atoms with Gasteiger partial charge in [-0.25, -0.2) is 14.8 Å². The van der Waals surface area contributed by atoms with Crippen LogP contribution in [0.5, 0.6) is 5.75 Å². The minimum atomic E-state index is -1.84. The molecule has 2 atom stereocenters. The van der Waals surface area contributed by atoms with Gasteiger partial charge in [-0.15, -0.1) is 0 Å². The van der Waals surface area contributed by atoms with Crippen molar-refractivity contribution in [2.24, 2.45) is 0 Å². The summed E-state index contributed by atoms with van der Waals surface area (Å²) in [4.78, 5) is 77.7. The van der Waals surface area contributed by atoms with Crippen molar-refractivity contribution < 1.29 is 33.4 Å². The number of rotatable bonds is 8. The molecule has 0 unspecified atom stereocenters. The molecule has 5 heterocycles. The van der Waals surface area contributed by atoms with Crippen LogP contribution in [0.15, 0.2) is 53.7 Å². The normalized spacial score (nSPS) is 17.1. The van der Waals surface area contributed by atoms with Crippen molar-refractivity contribution in [3.63, 3.8) is 0 Å². The number of nitrogens with zero attached hydrogens (tertiary/aromatic N) is 3. The molecular weight excluding hydrogens is 608 g/mol. The van der Waals surface area contributed by atoms with Gasteiger partial charge in [0.25, 0.3) is 5.56 Å². The third kappa shape index (κ3) is 6.05. The van der Waals surface area contributed by atoms with Gasteiger partial charge in [0.1, 0.15) is 18.2 Å². The highest BCUT2D eigenvalue weighted by atomic mass is 16.6. The first-order valence-corrected chi connectivity index (χ1v) is 15.2. The molecule has 4 aromatic rings. The Kier molecular flexibility index (Phi) is 8.03. The average Bonchev–Trinajstić information content (AvgIpc) is 3.67. The SMILES string of the molecule is CC[C@@]1(OC(=O)CNC(=O)[C@H](Cc2cnc[nH]2)NC(=O)OC(C)(C)C)C(=O)COc2c1cc1n(c2=O)Cc2cc3ccccc3nc2-1. The Morgan fingerprint density at radius 2 is 1.96 bits per heavy atom. The van der Waals surface area contributed by atoms with Gasteiger partial charge in [-0.2, -0.15) is 0 Å². The topological polar surface area (TPSA) is 184 Å². The Morgan fingerprint density at radius 3 is 2.68 bits per heavy atom. The van der Waals surface area contributed by atoms with Crippen molar-refractivity contribution in [1.29, 1.82) is 0 Å². The second-order valence-corrected chi connectivity index (χ2v) is 12.4. The molecule has 0 spiro atoms. The number of benzene rings is 1. The number of ether oxygens (including phenoxy) is 3. The van der Waals surface area contributed by atoms with E-state index in [2.05, 4.69) is 20.6 Å². The smallest absolute Gasteiger partial charge is 0.408 e. The zero-order valence-electron chi connectivity index (χ0n) is 26.3. The lowest BCUT2D eigenvalue weighted by atomic mass is 9.84. The van der Waals surface area contributed by atoms with Crippen LogP contribution in [0.3, 0.4) is 0 Å². The van der Waals surface area contributed by atoms with Crippen molar-refractivity contribution >= 4 is 34.7 Å². The number of esters is 1. The predicted molar refractivity (Wildman–Crippen MR) is 168 cm³/mol. The van der Waals surface area contributed by atoms with Gasteiger partial charge in [-0.05, 0) is 45.4 Å². The summed E-state index contributed by atoms with van der Waals surface area (Å²) in [5.41, 5.74) is 0.209. The van der Waals surface area contributed by atoms with Crippen molar-refractivity contribution in [2.75, 3.05) is 13.2 Å². The number of carbonyl (C=O) groups excluding carboxylic acids is 4. The molecule has 2 amide bonds. The van der Waals surface area contributed by atoms with Crippen LogP contribution in [0.1, 0.15) is 50.9 Å². The molecule has 0 saturated heterocycles. The minimum Gasteiger partial charge on any atom is -0.479 e. The van der Waals surface area contributed by atoms with Crippen molar-refractivity contribution in [3.8, 4) is 17.1 Å². The molecule has 0 saturated carbocycles. The highest BCUT2D eigenvalue weighted by molar-refractivity contribution is 5.95. The van der Waals surface area contributed by atoms with E-state index in [1.165, 1.54) is 17.1 Å². The highest BCUT2D eigenvalue weighted by Gasteiger charge is 2.49. The van der Waals surface area contributed by atoms with Gasteiger partial charge in [-0.3, -0.25) is 23.7 Å². The van der Waals surface area contributed by atoms with Gasteiger partial charge < -0.3 is 29.8 Å². The Hall–Kier alpha value is -5.53. The van der Waals surface area contributed by atoms with Gasteiger partial charge in [0, 0.05) is 29.3 Å². The number of hydrogen-bond donors (Lipinski definition) is 3. The summed E-state index contributed by atoms with van der Waals surface area (Å²) in [7, 11) is 0. The molecule has 244 valence electrons. The molecule has 3 N–H and O–H groups in total. The summed E-state index contributed by atoms with van der Waals surface area (Å²) in [6, 6.07) is 10.1. The van der Waals surface area contributed by atoms with E-state index in [1.54, 1.807) is 33.8 Å². The van der Waals surface area contributed by atoms with E-state index in [9.17, 15) is 24.0 Å². The number of Topliss-reactive ketones (excluding diaryl/α,β-unsaturated/α-hetero) is 1. The first kappa shape index (κ1) is 31.5. The molecular formula is C33H34N6O8. The Morgan fingerprint density at radius 1 is 1.17 bits per heavy atom. The van der Waals surface area contributed by atoms with Gasteiger partial charge in [0.05, 0.1) is 35.3 Å². The maximum Gasteiger partial charge on any atom is 0.408 e. The quantitative estimate of drug-likeness (QED) is 0.213.